The average Bonchev–Trinajstić information content (AvgIpc) is 2.11. The lowest BCUT2D eigenvalue weighted by atomic mass is 9.87. The summed E-state index contributed by atoms with van der Waals surface area (Å²) >= 11 is 4.92. The Morgan fingerprint density at radius 2 is 1.94 bits per heavy atom. The normalized spacial score (nSPS) is 15.3. The zero-order chi connectivity index (χ0) is 12.9. The van der Waals surface area contributed by atoms with E-state index < -0.39 is 0 Å². The van der Waals surface area contributed by atoms with Gasteiger partial charge in [0.2, 0.25) is 5.91 Å². The molecule has 0 heterocycles. The van der Waals surface area contributed by atoms with E-state index in [1.807, 2.05) is 13.8 Å². The highest BCUT2D eigenvalue weighted by atomic mass is 32.1. The van der Waals surface area contributed by atoms with Crippen LogP contribution in [0.4, 0.5) is 0 Å². The highest BCUT2D eigenvalue weighted by molar-refractivity contribution is 7.80. The molecule has 94 valence electrons. The minimum Gasteiger partial charge on any atom is -0.393 e. The molecule has 16 heavy (non-hydrogen) atoms. The summed E-state index contributed by atoms with van der Waals surface area (Å²) in [6.45, 7) is 10.3. The van der Waals surface area contributed by atoms with E-state index in [0.717, 1.165) is 12.8 Å². The molecule has 4 heteroatoms. The molecule has 0 rings (SSSR count). The molecule has 0 fully saturated rings. The van der Waals surface area contributed by atoms with Gasteiger partial charge in [-0.3, -0.25) is 4.79 Å². The van der Waals surface area contributed by atoms with Crippen LogP contribution in [0.15, 0.2) is 0 Å². The van der Waals surface area contributed by atoms with Crippen molar-refractivity contribution in [2.75, 3.05) is 0 Å². The molecule has 0 aliphatic heterocycles. The number of amides is 1. The van der Waals surface area contributed by atoms with Gasteiger partial charge in [-0.1, -0.05) is 46.3 Å². The maximum atomic E-state index is 12.0. The smallest absolute Gasteiger partial charge is 0.230 e. The first-order valence-electron chi connectivity index (χ1n) is 5.79. The van der Waals surface area contributed by atoms with Gasteiger partial charge < -0.3 is 11.1 Å². The second kappa shape index (κ2) is 6.18. The standard InChI is InChI=1S/C12H24N2OS/c1-6-7-9(10(13)16)11(15)14-8(2)12(3,4)5/h8-9H,6-7H2,1-5H3,(H2,13,16)(H,14,15). The summed E-state index contributed by atoms with van der Waals surface area (Å²) in [7, 11) is 0. The molecule has 0 bridgehead atoms. The van der Waals surface area contributed by atoms with Crippen LogP contribution in [-0.2, 0) is 4.79 Å². The lowest BCUT2D eigenvalue weighted by Gasteiger charge is -2.29. The van der Waals surface area contributed by atoms with Crippen molar-refractivity contribution in [3.63, 3.8) is 0 Å². The monoisotopic (exact) mass is 244 g/mol. The summed E-state index contributed by atoms with van der Waals surface area (Å²) in [6, 6.07) is 0.105. The van der Waals surface area contributed by atoms with E-state index in [4.69, 9.17) is 18.0 Å². The minimum atomic E-state index is -0.329. The summed E-state index contributed by atoms with van der Waals surface area (Å²) in [5.74, 6) is -0.374. The van der Waals surface area contributed by atoms with Gasteiger partial charge >= 0.3 is 0 Å². The maximum absolute atomic E-state index is 12.0. The molecule has 0 saturated heterocycles. The van der Waals surface area contributed by atoms with Crippen molar-refractivity contribution in [3.8, 4) is 0 Å². The lowest BCUT2D eigenvalue weighted by Crippen LogP contribution is -2.46. The Morgan fingerprint density at radius 1 is 1.44 bits per heavy atom. The summed E-state index contributed by atoms with van der Waals surface area (Å²) in [5, 5.41) is 2.98. The van der Waals surface area contributed by atoms with Crippen molar-refractivity contribution in [1.82, 2.24) is 5.32 Å². The summed E-state index contributed by atoms with van der Waals surface area (Å²) in [4.78, 5) is 12.2. The van der Waals surface area contributed by atoms with Gasteiger partial charge in [-0.25, -0.2) is 0 Å². The van der Waals surface area contributed by atoms with E-state index >= 15 is 0 Å². The van der Waals surface area contributed by atoms with Crippen LogP contribution in [-0.4, -0.2) is 16.9 Å². The van der Waals surface area contributed by atoms with E-state index in [1.54, 1.807) is 0 Å². The molecule has 0 saturated carbocycles. The first-order chi connectivity index (χ1) is 7.20. The number of nitrogens with one attached hydrogen (secondary N) is 1. The molecule has 3 N–H and O–H groups in total. The molecular formula is C12H24N2OS. The number of carbonyl (C=O) groups excluding carboxylic acids is 1. The van der Waals surface area contributed by atoms with Crippen LogP contribution in [0, 0.1) is 11.3 Å². The van der Waals surface area contributed by atoms with Gasteiger partial charge in [0.25, 0.3) is 0 Å². The van der Waals surface area contributed by atoms with Gasteiger partial charge in [-0.05, 0) is 18.8 Å². The van der Waals surface area contributed by atoms with Crippen LogP contribution in [0.2, 0.25) is 0 Å². The third kappa shape index (κ3) is 4.92. The number of rotatable bonds is 5. The van der Waals surface area contributed by atoms with Crippen molar-refractivity contribution in [3.05, 3.63) is 0 Å². The Morgan fingerprint density at radius 3 is 2.25 bits per heavy atom. The van der Waals surface area contributed by atoms with Crippen LogP contribution in [0.25, 0.3) is 0 Å². The number of thiocarbonyl (C=S) groups is 1. The van der Waals surface area contributed by atoms with Gasteiger partial charge in [-0.15, -0.1) is 0 Å². The predicted molar refractivity (Wildman–Crippen MR) is 72.2 cm³/mol. The number of nitrogens with two attached hydrogens (primary N) is 1. The molecule has 0 spiro atoms. The zero-order valence-electron chi connectivity index (χ0n) is 11.0. The van der Waals surface area contributed by atoms with Crippen LogP contribution in [0.3, 0.4) is 0 Å². The molecule has 3 nitrogen and oxygen atoms in total. The van der Waals surface area contributed by atoms with Gasteiger partial charge in [0, 0.05) is 6.04 Å². The molecule has 0 aromatic carbocycles. The van der Waals surface area contributed by atoms with Crippen LogP contribution < -0.4 is 11.1 Å². The van der Waals surface area contributed by atoms with Crippen molar-refractivity contribution in [1.29, 1.82) is 0 Å². The van der Waals surface area contributed by atoms with E-state index in [0.29, 0.717) is 4.99 Å². The second-order valence-electron chi connectivity index (χ2n) is 5.34. The third-order valence-corrected chi connectivity index (χ3v) is 3.18. The molecule has 0 radical (unpaired) electrons. The van der Waals surface area contributed by atoms with Crippen molar-refractivity contribution >= 4 is 23.1 Å². The van der Waals surface area contributed by atoms with Crippen LogP contribution in [0.5, 0.6) is 0 Å². The fraction of sp³-hybridized carbons (Fsp3) is 0.833. The molecule has 2 unspecified atom stereocenters. The predicted octanol–water partition coefficient (Wildman–Crippen LogP) is 2.24. The van der Waals surface area contributed by atoms with Gasteiger partial charge in [0.05, 0.1) is 10.9 Å². The van der Waals surface area contributed by atoms with Crippen molar-refractivity contribution < 1.29 is 4.79 Å². The van der Waals surface area contributed by atoms with E-state index in [-0.39, 0.29) is 23.3 Å². The number of hydrogen-bond acceptors (Lipinski definition) is 2. The summed E-state index contributed by atoms with van der Waals surface area (Å²) in [6.07, 6.45) is 1.62. The molecule has 0 aliphatic rings. The molecule has 0 aliphatic carbocycles. The van der Waals surface area contributed by atoms with Crippen molar-refractivity contribution in [2.45, 2.75) is 53.5 Å². The Hall–Kier alpha value is -0.640. The summed E-state index contributed by atoms with van der Waals surface area (Å²) in [5.41, 5.74) is 5.62. The number of hydrogen-bond donors (Lipinski definition) is 2. The van der Waals surface area contributed by atoms with E-state index in [2.05, 4.69) is 26.1 Å². The highest BCUT2D eigenvalue weighted by Gasteiger charge is 2.26. The Balaban J connectivity index is 4.48. The Labute approximate surface area is 104 Å². The number of carbonyl (C=O) groups is 1. The van der Waals surface area contributed by atoms with E-state index in [9.17, 15) is 4.79 Å². The highest BCUT2D eigenvalue weighted by Crippen LogP contribution is 2.19. The SMILES string of the molecule is CCCC(C(=O)NC(C)C(C)(C)C)C(N)=S. The molecular weight excluding hydrogens is 220 g/mol. The van der Waals surface area contributed by atoms with Gasteiger partial charge in [-0.2, -0.15) is 0 Å². The zero-order valence-corrected chi connectivity index (χ0v) is 11.8. The van der Waals surface area contributed by atoms with Gasteiger partial charge in [0.1, 0.15) is 0 Å². The lowest BCUT2D eigenvalue weighted by molar-refractivity contribution is -0.124. The Bertz CT molecular complexity index is 258. The molecule has 1 amide bonds. The third-order valence-electron chi connectivity index (χ3n) is 2.90. The second-order valence-corrected chi connectivity index (χ2v) is 5.81. The first kappa shape index (κ1) is 15.4. The van der Waals surface area contributed by atoms with Gasteiger partial charge in [0.15, 0.2) is 0 Å². The van der Waals surface area contributed by atoms with Crippen LogP contribution in [0.1, 0.15) is 47.5 Å². The largest absolute Gasteiger partial charge is 0.393 e. The maximum Gasteiger partial charge on any atom is 0.230 e. The fourth-order valence-electron chi connectivity index (χ4n) is 1.22. The Kier molecular flexibility index (Phi) is 5.94. The summed E-state index contributed by atoms with van der Waals surface area (Å²) < 4.78 is 0. The topological polar surface area (TPSA) is 55.1 Å². The average molecular weight is 244 g/mol. The molecule has 2 atom stereocenters. The van der Waals surface area contributed by atoms with Crippen molar-refractivity contribution in [2.24, 2.45) is 17.1 Å². The fourth-order valence-corrected chi connectivity index (χ4v) is 1.45. The molecule has 0 aromatic rings. The van der Waals surface area contributed by atoms with Crippen LogP contribution >= 0.6 is 12.2 Å². The minimum absolute atomic E-state index is 0.0443. The first-order valence-corrected chi connectivity index (χ1v) is 6.20. The van der Waals surface area contributed by atoms with E-state index in [1.165, 1.54) is 0 Å². The quantitative estimate of drug-likeness (QED) is 0.729. The molecule has 0 aromatic heterocycles.